The fraction of sp³-hybridized carbons (Fsp3) is 0.917. The van der Waals surface area contributed by atoms with Crippen molar-refractivity contribution in [3.8, 4) is 0 Å². The van der Waals surface area contributed by atoms with E-state index in [4.69, 9.17) is 0 Å². The number of carbonyl (C=O) groups is 1. The Morgan fingerprint density at radius 1 is 1.12 bits per heavy atom. The summed E-state index contributed by atoms with van der Waals surface area (Å²) < 4.78 is 10.2. The summed E-state index contributed by atoms with van der Waals surface area (Å²) >= 11 is 0. The number of rotatable bonds is 4. The summed E-state index contributed by atoms with van der Waals surface area (Å²) in [7, 11) is 0. The first-order valence-electron chi connectivity index (χ1n) is 6.22. The zero-order chi connectivity index (χ0) is 12.6. The van der Waals surface area contributed by atoms with Crippen LogP contribution in [0.15, 0.2) is 0 Å². The number of carbonyl (C=O) groups excluding carboxylic acids is 1. The van der Waals surface area contributed by atoms with E-state index < -0.39 is 6.16 Å². The van der Waals surface area contributed by atoms with Crippen molar-refractivity contribution in [1.82, 2.24) is 0 Å². The van der Waals surface area contributed by atoms with Crippen molar-refractivity contribution in [1.29, 1.82) is 0 Å². The molecule has 0 radical (unpaired) electrons. The molecule has 104 valence electrons. The Kier molecular flexibility index (Phi) is 10.0. The summed E-state index contributed by atoms with van der Waals surface area (Å²) in [4.78, 5) is 10.0. The smallest absolute Gasteiger partial charge is 0.508 e. The van der Waals surface area contributed by atoms with Gasteiger partial charge in [0.25, 0.3) is 0 Å². The lowest BCUT2D eigenvalue weighted by Gasteiger charge is -2.34. The van der Waals surface area contributed by atoms with Gasteiger partial charge >= 0.3 is 6.16 Å². The third-order valence-electron chi connectivity index (χ3n) is 3.42. The average molecular weight is 251 g/mol. The minimum atomic E-state index is -0.549. The van der Waals surface area contributed by atoms with Gasteiger partial charge in [-0.15, -0.1) is 0 Å². The summed E-state index contributed by atoms with van der Waals surface area (Å²) in [5, 5.41) is 0. The molecule has 1 fully saturated rings. The molecular formula is C12H26FNO3. The highest BCUT2D eigenvalue weighted by Crippen LogP contribution is 2.03. The molecular weight excluding hydrogens is 225 g/mol. The second-order valence-electron chi connectivity index (χ2n) is 4.10. The monoisotopic (exact) mass is 251 g/mol. The molecule has 1 unspecified atom stereocenters. The highest BCUT2D eigenvalue weighted by Gasteiger charge is 2.19. The van der Waals surface area contributed by atoms with Gasteiger partial charge in [0.15, 0.2) is 0 Å². The van der Waals surface area contributed by atoms with Crippen molar-refractivity contribution < 1.29 is 23.5 Å². The topological polar surface area (TPSA) is 35.5 Å². The van der Waals surface area contributed by atoms with Crippen molar-refractivity contribution in [2.75, 3.05) is 32.8 Å². The van der Waals surface area contributed by atoms with Crippen LogP contribution in [0.1, 0.15) is 34.6 Å². The molecule has 1 rings (SSSR count). The van der Waals surface area contributed by atoms with Gasteiger partial charge in [-0.1, -0.05) is 0 Å². The van der Waals surface area contributed by atoms with Gasteiger partial charge in [0.1, 0.15) is 12.7 Å². The molecule has 17 heavy (non-hydrogen) atoms. The van der Waals surface area contributed by atoms with E-state index in [1.54, 1.807) is 6.92 Å². The minimum absolute atomic E-state index is 0. The maximum absolute atomic E-state index is 10.0. The number of nitrogens with zero attached hydrogens (tertiary/aromatic N) is 1. The molecule has 1 saturated heterocycles. The lowest BCUT2D eigenvalue weighted by molar-refractivity contribution is -0.921. The van der Waals surface area contributed by atoms with Gasteiger partial charge in [0, 0.05) is 0 Å². The van der Waals surface area contributed by atoms with Crippen LogP contribution in [0.3, 0.4) is 0 Å². The molecule has 0 aromatic rings. The maximum Gasteiger partial charge on any atom is 0.508 e. The fourth-order valence-electron chi connectivity index (χ4n) is 1.76. The highest BCUT2D eigenvalue weighted by molar-refractivity contribution is 5.61. The minimum Gasteiger partial charge on any atom is -1.00 e. The molecule has 0 saturated carbocycles. The van der Waals surface area contributed by atoms with E-state index in [0.29, 0.717) is 6.61 Å². The maximum atomic E-state index is 10.0. The Bertz CT molecular complexity index is 190. The summed E-state index contributed by atoms with van der Waals surface area (Å²) in [5.41, 5.74) is 0. The molecule has 4 nitrogen and oxygen atoms in total. The molecule has 0 aromatic carbocycles. The number of hydrogen-bond acceptors (Lipinski definition) is 3. The molecule has 1 atom stereocenters. The molecule has 0 bridgehead atoms. The van der Waals surface area contributed by atoms with Gasteiger partial charge in [-0.2, -0.15) is 0 Å². The first-order chi connectivity index (χ1) is 7.53. The molecule has 0 spiro atoms. The SMILES string of the molecule is CC1COC(=O)O1.CC[N+](CC)(CC)CC.[F-]. The van der Waals surface area contributed by atoms with Crippen LogP contribution < -0.4 is 4.70 Å². The van der Waals surface area contributed by atoms with Gasteiger partial charge in [0.2, 0.25) is 0 Å². The standard InChI is InChI=1S/C8H20N.C4H6O3.FH/c1-5-9(6-2,7-3)8-4;1-3-2-6-4(5)7-3;/h5-8H2,1-4H3;3H,2H2,1H3;1H/q+1;;/p-1. The Labute approximate surface area is 104 Å². The molecule has 0 aromatic heterocycles. The molecule has 1 aliphatic heterocycles. The number of halogens is 1. The Morgan fingerprint density at radius 2 is 1.53 bits per heavy atom. The zero-order valence-corrected chi connectivity index (χ0v) is 11.7. The largest absolute Gasteiger partial charge is 1.00 e. The van der Waals surface area contributed by atoms with Gasteiger partial charge in [-0.25, -0.2) is 4.79 Å². The number of hydrogen-bond donors (Lipinski definition) is 0. The number of cyclic esters (lactones) is 2. The summed E-state index contributed by atoms with van der Waals surface area (Å²) in [6, 6.07) is 0. The Morgan fingerprint density at radius 3 is 1.59 bits per heavy atom. The summed E-state index contributed by atoms with van der Waals surface area (Å²) in [5.74, 6) is 0. The zero-order valence-electron chi connectivity index (χ0n) is 11.7. The number of ether oxygens (including phenoxy) is 2. The van der Waals surface area contributed by atoms with Gasteiger partial charge in [0.05, 0.1) is 26.2 Å². The van der Waals surface area contributed by atoms with Crippen LogP contribution in [0.25, 0.3) is 0 Å². The van der Waals surface area contributed by atoms with Crippen LogP contribution in [0, 0.1) is 0 Å². The predicted molar refractivity (Wildman–Crippen MR) is 64.3 cm³/mol. The lowest BCUT2D eigenvalue weighted by atomic mass is 10.3. The van der Waals surface area contributed by atoms with Crippen molar-refractivity contribution in [3.63, 3.8) is 0 Å². The van der Waals surface area contributed by atoms with Crippen LogP contribution in [0.4, 0.5) is 4.79 Å². The van der Waals surface area contributed by atoms with Crippen LogP contribution >= 0.6 is 0 Å². The molecule has 0 amide bonds. The van der Waals surface area contributed by atoms with E-state index in [1.807, 2.05) is 0 Å². The second-order valence-corrected chi connectivity index (χ2v) is 4.10. The quantitative estimate of drug-likeness (QED) is 0.496. The number of quaternary nitrogens is 1. The van der Waals surface area contributed by atoms with Crippen LogP contribution in [0.5, 0.6) is 0 Å². The molecule has 5 heteroatoms. The summed E-state index contributed by atoms with van der Waals surface area (Å²) in [6.45, 7) is 16.4. The van der Waals surface area contributed by atoms with Gasteiger partial charge < -0.3 is 18.7 Å². The first kappa shape index (κ1) is 18.5. The van der Waals surface area contributed by atoms with Gasteiger partial charge in [-0.3, -0.25) is 0 Å². The third-order valence-corrected chi connectivity index (χ3v) is 3.42. The normalized spacial score (nSPS) is 18.4. The molecule has 1 aliphatic rings. The highest BCUT2D eigenvalue weighted by atomic mass is 19.0. The molecule has 0 aliphatic carbocycles. The van der Waals surface area contributed by atoms with E-state index in [9.17, 15) is 4.79 Å². The predicted octanol–water partition coefficient (Wildman–Crippen LogP) is -0.571. The lowest BCUT2D eigenvalue weighted by Crippen LogP contribution is -3.00. The fourth-order valence-corrected chi connectivity index (χ4v) is 1.76. The van der Waals surface area contributed by atoms with E-state index in [-0.39, 0.29) is 10.8 Å². The first-order valence-corrected chi connectivity index (χ1v) is 6.22. The van der Waals surface area contributed by atoms with Crippen molar-refractivity contribution in [2.24, 2.45) is 0 Å². The van der Waals surface area contributed by atoms with E-state index in [2.05, 4.69) is 37.2 Å². The van der Waals surface area contributed by atoms with Crippen LogP contribution in [-0.4, -0.2) is 49.5 Å². The van der Waals surface area contributed by atoms with E-state index in [0.717, 1.165) is 0 Å². The molecule has 1 heterocycles. The van der Waals surface area contributed by atoms with E-state index >= 15 is 0 Å². The average Bonchev–Trinajstić information content (AvgIpc) is 2.67. The van der Waals surface area contributed by atoms with Crippen molar-refractivity contribution in [3.05, 3.63) is 0 Å². The van der Waals surface area contributed by atoms with Crippen LogP contribution in [-0.2, 0) is 9.47 Å². The molecule has 0 N–H and O–H groups in total. The van der Waals surface area contributed by atoms with Gasteiger partial charge in [-0.05, 0) is 34.6 Å². The van der Waals surface area contributed by atoms with Crippen molar-refractivity contribution in [2.45, 2.75) is 40.7 Å². The van der Waals surface area contributed by atoms with E-state index in [1.165, 1.54) is 30.7 Å². The second kappa shape index (κ2) is 9.22. The Hall–Kier alpha value is -0.840. The van der Waals surface area contributed by atoms with Crippen molar-refractivity contribution >= 4 is 6.16 Å². The summed E-state index contributed by atoms with van der Waals surface area (Å²) in [6.07, 6.45) is -0.597. The third kappa shape index (κ3) is 6.46. The van der Waals surface area contributed by atoms with Crippen LogP contribution in [0.2, 0.25) is 0 Å². The Balaban J connectivity index is 0.